The molecule has 1 aliphatic rings. The van der Waals surface area contributed by atoms with E-state index >= 15 is 0 Å². The lowest BCUT2D eigenvalue weighted by molar-refractivity contribution is 0.0223. The van der Waals surface area contributed by atoms with E-state index in [0.717, 1.165) is 17.5 Å². The molecule has 1 aliphatic heterocycles. The van der Waals surface area contributed by atoms with Crippen molar-refractivity contribution in [3.63, 3.8) is 0 Å². The third-order valence-corrected chi connectivity index (χ3v) is 3.58. The standard InChI is InChI=1S/C17H25NO3/c1-16(2,3)21-15(19)18-9-8-12-10-14(17(4,5)20)7-6-13(12)11-18/h6-7,10,20H,8-9,11H2,1-5H3. The van der Waals surface area contributed by atoms with Gasteiger partial charge in [-0.05, 0) is 57.7 Å². The van der Waals surface area contributed by atoms with Crippen molar-refractivity contribution in [1.29, 1.82) is 0 Å². The van der Waals surface area contributed by atoms with E-state index < -0.39 is 11.2 Å². The zero-order valence-electron chi connectivity index (χ0n) is 13.6. The Hall–Kier alpha value is -1.55. The molecule has 0 atom stereocenters. The molecule has 0 bridgehead atoms. The fraction of sp³-hybridized carbons (Fsp3) is 0.588. The van der Waals surface area contributed by atoms with Gasteiger partial charge >= 0.3 is 6.09 Å². The van der Waals surface area contributed by atoms with Crippen molar-refractivity contribution in [3.05, 3.63) is 34.9 Å². The SMILES string of the molecule is CC(C)(C)OC(=O)N1CCc2cc(C(C)(C)O)ccc2C1. The van der Waals surface area contributed by atoms with E-state index in [4.69, 9.17) is 4.74 Å². The van der Waals surface area contributed by atoms with Gasteiger partial charge in [0.25, 0.3) is 0 Å². The zero-order chi connectivity index (χ0) is 15.8. The number of carbonyl (C=O) groups is 1. The number of amides is 1. The first-order valence-corrected chi connectivity index (χ1v) is 7.39. The molecule has 2 rings (SSSR count). The van der Waals surface area contributed by atoms with Crippen LogP contribution in [0.4, 0.5) is 4.79 Å². The number of rotatable bonds is 1. The number of aliphatic hydroxyl groups is 1. The first-order valence-electron chi connectivity index (χ1n) is 7.39. The van der Waals surface area contributed by atoms with Gasteiger partial charge in [-0.1, -0.05) is 18.2 Å². The minimum atomic E-state index is -0.836. The number of hydrogen-bond acceptors (Lipinski definition) is 3. The molecule has 1 aromatic rings. The number of fused-ring (bicyclic) bond motifs is 1. The third kappa shape index (κ3) is 3.97. The molecule has 1 aromatic carbocycles. The molecule has 1 N–H and O–H groups in total. The van der Waals surface area contributed by atoms with Crippen LogP contribution in [0.5, 0.6) is 0 Å². The van der Waals surface area contributed by atoms with Crippen molar-refractivity contribution in [2.45, 2.75) is 58.8 Å². The molecular formula is C17H25NO3. The van der Waals surface area contributed by atoms with Gasteiger partial charge in [0.1, 0.15) is 5.60 Å². The Morgan fingerprint density at radius 2 is 1.86 bits per heavy atom. The van der Waals surface area contributed by atoms with Crippen molar-refractivity contribution in [1.82, 2.24) is 4.90 Å². The number of ether oxygens (including phenoxy) is 1. The van der Waals surface area contributed by atoms with Gasteiger partial charge in [0.2, 0.25) is 0 Å². The van der Waals surface area contributed by atoms with E-state index in [1.165, 1.54) is 5.56 Å². The van der Waals surface area contributed by atoms with Gasteiger partial charge in [0.05, 0.1) is 5.60 Å². The summed E-state index contributed by atoms with van der Waals surface area (Å²) in [5.74, 6) is 0. The molecule has 4 heteroatoms. The highest BCUT2D eigenvalue weighted by molar-refractivity contribution is 5.68. The highest BCUT2D eigenvalue weighted by atomic mass is 16.6. The van der Waals surface area contributed by atoms with Crippen LogP contribution >= 0.6 is 0 Å². The first kappa shape index (κ1) is 15.8. The Morgan fingerprint density at radius 1 is 1.19 bits per heavy atom. The Bertz CT molecular complexity index is 538. The van der Waals surface area contributed by atoms with Crippen LogP contribution in [0.3, 0.4) is 0 Å². The van der Waals surface area contributed by atoms with Crippen molar-refractivity contribution < 1.29 is 14.6 Å². The molecule has 4 nitrogen and oxygen atoms in total. The molecule has 0 saturated carbocycles. The lowest BCUT2D eigenvalue weighted by atomic mass is 9.91. The molecule has 0 aromatic heterocycles. The van der Waals surface area contributed by atoms with Crippen LogP contribution in [0.15, 0.2) is 18.2 Å². The summed E-state index contributed by atoms with van der Waals surface area (Å²) in [6.45, 7) is 10.4. The molecule has 21 heavy (non-hydrogen) atoms. The second-order valence-corrected chi connectivity index (χ2v) is 7.19. The van der Waals surface area contributed by atoms with Gasteiger partial charge in [-0.2, -0.15) is 0 Å². The van der Waals surface area contributed by atoms with E-state index in [9.17, 15) is 9.90 Å². The monoisotopic (exact) mass is 291 g/mol. The number of hydrogen-bond donors (Lipinski definition) is 1. The number of carbonyl (C=O) groups excluding carboxylic acids is 1. The Balaban J connectivity index is 2.13. The largest absolute Gasteiger partial charge is 0.444 e. The fourth-order valence-corrected chi connectivity index (χ4v) is 2.42. The summed E-state index contributed by atoms with van der Waals surface area (Å²) >= 11 is 0. The smallest absolute Gasteiger partial charge is 0.410 e. The average Bonchev–Trinajstić information content (AvgIpc) is 2.34. The van der Waals surface area contributed by atoms with E-state index in [0.29, 0.717) is 13.1 Å². The van der Waals surface area contributed by atoms with Crippen LogP contribution in [-0.4, -0.2) is 28.2 Å². The zero-order valence-corrected chi connectivity index (χ0v) is 13.6. The van der Waals surface area contributed by atoms with Crippen molar-refractivity contribution in [2.75, 3.05) is 6.54 Å². The van der Waals surface area contributed by atoms with Gasteiger partial charge in [-0.25, -0.2) is 4.79 Å². The van der Waals surface area contributed by atoms with Crippen LogP contribution in [0, 0.1) is 0 Å². The van der Waals surface area contributed by atoms with E-state index in [-0.39, 0.29) is 6.09 Å². The molecule has 116 valence electrons. The Kier molecular flexibility index (Phi) is 4.02. The summed E-state index contributed by atoms with van der Waals surface area (Å²) < 4.78 is 5.42. The minimum Gasteiger partial charge on any atom is -0.444 e. The normalized spacial score (nSPS) is 15.6. The van der Waals surface area contributed by atoms with Gasteiger partial charge < -0.3 is 14.7 Å². The first-order chi connectivity index (χ1) is 9.56. The van der Waals surface area contributed by atoms with Gasteiger partial charge in [-0.15, -0.1) is 0 Å². The summed E-state index contributed by atoms with van der Waals surface area (Å²) in [6.07, 6.45) is 0.526. The summed E-state index contributed by atoms with van der Waals surface area (Å²) in [5.41, 5.74) is 1.93. The Labute approximate surface area is 126 Å². The fourth-order valence-electron chi connectivity index (χ4n) is 2.42. The summed E-state index contributed by atoms with van der Waals surface area (Å²) in [7, 11) is 0. The maximum absolute atomic E-state index is 12.1. The second-order valence-electron chi connectivity index (χ2n) is 7.19. The summed E-state index contributed by atoms with van der Waals surface area (Å²) in [6, 6.07) is 5.97. The predicted molar refractivity (Wildman–Crippen MR) is 82.0 cm³/mol. The van der Waals surface area contributed by atoms with Crippen LogP contribution in [0.2, 0.25) is 0 Å². The van der Waals surface area contributed by atoms with E-state index in [2.05, 4.69) is 0 Å². The molecule has 0 unspecified atom stereocenters. The van der Waals surface area contributed by atoms with Crippen molar-refractivity contribution in [3.8, 4) is 0 Å². The van der Waals surface area contributed by atoms with Gasteiger partial charge in [0, 0.05) is 13.1 Å². The van der Waals surface area contributed by atoms with E-state index in [1.807, 2.05) is 39.0 Å². The highest BCUT2D eigenvalue weighted by Crippen LogP contribution is 2.26. The minimum absolute atomic E-state index is 0.264. The van der Waals surface area contributed by atoms with E-state index in [1.54, 1.807) is 18.7 Å². The Morgan fingerprint density at radius 3 is 2.43 bits per heavy atom. The lowest BCUT2D eigenvalue weighted by Gasteiger charge is -2.32. The van der Waals surface area contributed by atoms with Crippen LogP contribution in [0.1, 0.15) is 51.3 Å². The number of nitrogens with zero attached hydrogens (tertiary/aromatic N) is 1. The average molecular weight is 291 g/mol. The van der Waals surface area contributed by atoms with Crippen LogP contribution in [-0.2, 0) is 23.3 Å². The van der Waals surface area contributed by atoms with Crippen LogP contribution < -0.4 is 0 Å². The summed E-state index contributed by atoms with van der Waals surface area (Å²) in [5, 5.41) is 10.1. The molecule has 0 saturated heterocycles. The van der Waals surface area contributed by atoms with Crippen LogP contribution in [0.25, 0.3) is 0 Å². The molecule has 0 fully saturated rings. The lowest BCUT2D eigenvalue weighted by Crippen LogP contribution is -2.40. The van der Waals surface area contributed by atoms with Crippen molar-refractivity contribution >= 4 is 6.09 Å². The second kappa shape index (κ2) is 5.34. The topological polar surface area (TPSA) is 49.8 Å². The number of benzene rings is 1. The molecule has 1 heterocycles. The molecule has 0 radical (unpaired) electrons. The highest BCUT2D eigenvalue weighted by Gasteiger charge is 2.26. The van der Waals surface area contributed by atoms with Crippen molar-refractivity contribution in [2.24, 2.45) is 0 Å². The van der Waals surface area contributed by atoms with Gasteiger partial charge in [-0.3, -0.25) is 0 Å². The van der Waals surface area contributed by atoms with Gasteiger partial charge in [0.15, 0.2) is 0 Å². The maximum Gasteiger partial charge on any atom is 0.410 e. The molecular weight excluding hydrogens is 266 g/mol. The maximum atomic E-state index is 12.1. The quantitative estimate of drug-likeness (QED) is 0.864. The predicted octanol–water partition coefficient (Wildman–Crippen LogP) is 3.21. The molecule has 1 amide bonds. The third-order valence-electron chi connectivity index (χ3n) is 3.58. The summed E-state index contributed by atoms with van der Waals surface area (Å²) in [4.78, 5) is 13.8. The molecule has 0 aliphatic carbocycles. The molecule has 0 spiro atoms.